The highest BCUT2D eigenvalue weighted by molar-refractivity contribution is 5.95. The fourth-order valence-corrected chi connectivity index (χ4v) is 3.18. The van der Waals surface area contributed by atoms with E-state index in [1.807, 2.05) is 4.90 Å². The zero-order valence-electron chi connectivity index (χ0n) is 12.7. The number of nitrogens with zero attached hydrogens (tertiary/aromatic N) is 1. The fourth-order valence-electron chi connectivity index (χ4n) is 3.18. The molecular formula is C16H20N4O3. The van der Waals surface area contributed by atoms with E-state index in [2.05, 4.69) is 10.6 Å². The highest BCUT2D eigenvalue weighted by Gasteiger charge is 2.35. The summed E-state index contributed by atoms with van der Waals surface area (Å²) < 4.78 is 0. The second-order valence-electron chi connectivity index (χ2n) is 6.16. The predicted molar refractivity (Wildman–Crippen MR) is 84.7 cm³/mol. The maximum Gasteiger partial charge on any atom is 0.248 e. The summed E-state index contributed by atoms with van der Waals surface area (Å²) in [4.78, 5) is 37.0. The Hall–Kier alpha value is -2.41. The van der Waals surface area contributed by atoms with Crippen LogP contribution in [0, 0.1) is 5.92 Å². The van der Waals surface area contributed by atoms with Crippen LogP contribution in [-0.2, 0) is 9.59 Å². The van der Waals surface area contributed by atoms with E-state index in [0.29, 0.717) is 24.3 Å². The molecule has 3 fully saturated rings. The molecule has 3 saturated heterocycles. The van der Waals surface area contributed by atoms with Gasteiger partial charge in [-0.05, 0) is 37.1 Å². The molecule has 4 rings (SSSR count). The van der Waals surface area contributed by atoms with Crippen molar-refractivity contribution in [2.45, 2.75) is 18.9 Å². The lowest BCUT2D eigenvalue weighted by Crippen LogP contribution is -2.43. The first-order chi connectivity index (χ1) is 11.0. The van der Waals surface area contributed by atoms with Crippen molar-refractivity contribution in [2.75, 3.05) is 25.0 Å². The van der Waals surface area contributed by atoms with Crippen LogP contribution in [0.15, 0.2) is 24.3 Å². The van der Waals surface area contributed by atoms with E-state index in [0.717, 1.165) is 12.8 Å². The summed E-state index contributed by atoms with van der Waals surface area (Å²) in [6.07, 6.45) is 1.87. The van der Waals surface area contributed by atoms with Crippen molar-refractivity contribution in [3.05, 3.63) is 29.8 Å². The SMILES string of the molecule is NC(=O)c1ccc(NC(=O)CN2C[C@@H]3CC[C@H](C2)C(=O)N3)cc1. The lowest BCUT2D eigenvalue weighted by molar-refractivity contribution is -0.127. The topological polar surface area (TPSA) is 105 Å². The second-order valence-corrected chi connectivity index (χ2v) is 6.16. The largest absolute Gasteiger partial charge is 0.366 e. The van der Waals surface area contributed by atoms with Gasteiger partial charge >= 0.3 is 0 Å². The molecule has 3 amide bonds. The van der Waals surface area contributed by atoms with E-state index >= 15 is 0 Å². The van der Waals surface area contributed by atoms with Crippen LogP contribution in [0.3, 0.4) is 0 Å². The van der Waals surface area contributed by atoms with E-state index in [9.17, 15) is 14.4 Å². The van der Waals surface area contributed by atoms with Crippen molar-refractivity contribution in [2.24, 2.45) is 11.7 Å². The van der Waals surface area contributed by atoms with E-state index in [4.69, 9.17) is 5.73 Å². The minimum absolute atomic E-state index is 0.0172. The molecule has 0 saturated carbocycles. The summed E-state index contributed by atoms with van der Waals surface area (Å²) in [6, 6.07) is 6.59. The molecule has 0 aromatic heterocycles. The summed E-state index contributed by atoms with van der Waals surface area (Å²) in [5.74, 6) is -0.548. The van der Waals surface area contributed by atoms with Crippen LogP contribution in [-0.4, -0.2) is 48.3 Å². The standard InChI is InChI=1S/C16H20N4O3/c17-15(22)10-1-4-12(5-2-10)18-14(21)9-20-7-11-3-6-13(8-20)19-16(11)23/h1-2,4-5,11,13H,3,6-9H2,(H2,17,22)(H,18,21)(H,19,23)/t11-,13+/m1/s1. The van der Waals surface area contributed by atoms with Crippen molar-refractivity contribution in [3.8, 4) is 0 Å². The molecule has 0 aliphatic carbocycles. The lowest BCUT2D eigenvalue weighted by Gasteiger charge is -2.23. The highest BCUT2D eigenvalue weighted by Crippen LogP contribution is 2.22. The maximum atomic E-state index is 12.2. The van der Waals surface area contributed by atoms with Crippen LogP contribution in [0.2, 0.25) is 0 Å². The van der Waals surface area contributed by atoms with Gasteiger partial charge in [-0.1, -0.05) is 0 Å². The van der Waals surface area contributed by atoms with Crippen LogP contribution in [0.5, 0.6) is 0 Å². The first-order valence-electron chi connectivity index (χ1n) is 7.73. The van der Waals surface area contributed by atoms with Gasteiger partial charge in [-0.3, -0.25) is 19.3 Å². The fraction of sp³-hybridized carbons (Fsp3) is 0.438. The first-order valence-corrected chi connectivity index (χ1v) is 7.73. The smallest absolute Gasteiger partial charge is 0.248 e. The molecule has 23 heavy (non-hydrogen) atoms. The van der Waals surface area contributed by atoms with Crippen molar-refractivity contribution in [3.63, 3.8) is 0 Å². The Bertz CT molecular complexity index is 629. The molecule has 7 heteroatoms. The molecule has 3 aliphatic rings. The molecule has 1 aromatic carbocycles. The molecule has 2 atom stereocenters. The van der Waals surface area contributed by atoms with Gasteiger partial charge in [-0.25, -0.2) is 0 Å². The van der Waals surface area contributed by atoms with Crippen molar-refractivity contribution in [1.82, 2.24) is 10.2 Å². The third-order valence-electron chi connectivity index (χ3n) is 4.36. The zero-order chi connectivity index (χ0) is 16.4. The van der Waals surface area contributed by atoms with Crippen LogP contribution in [0.1, 0.15) is 23.2 Å². The molecule has 2 bridgehead atoms. The number of benzene rings is 1. The van der Waals surface area contributed by atoms with E-state index in [1.165, 1.54) is 0 Å². The number of hydrogen-bond acceptors (Lipinski definition) is 4. The van der Waals surface area contributed by atoms with Gasteiger partial charge in [0.1, 0.15) is 0 Å². The lowest BCUT2D eigenvalue weighted by atomic mass is 9.96. The molecule has 4 N–H and O–H groups in total. The number of piperidine rings is 1. The predicted octanol–water partition coefficient (Wildman–Crippen LogP) is -0.0656. The Morgan fingerprint density at radius 2 is 1.96 bits per heavy atom. The maximum absolute atomic E-state index is 12.2. The van der Waals surface area contributed by atoms with Crippen molar-refractivity contribution in [1.29, 1.82) is 0 Å². The molecule has 1 aromatic rings. The molecular weight excluding hydrogens is 296 g/mol. The van der Waals surface area contributed by atoms with Gasteiger partial charge in [0.2, 0.25) is 17.7 Å². The third kappa shape index (κ3) is 3.68. The summed E-state index contributed by atoms with van der Waals surface area (Å²) in [6.45, 7) is 1.58. The Morgan fingerprint density at radius 1 is 1.22 bits per heavy atom. The van der Waals surface area contributed by atoms with Gasteiger partial charge in [0.05, 0.1) is 12.5 Å². The van der Waals surface area contributed by atoms with Gasteiger partial charge in [0.25, 0.3) is 0 Å². The number of nitrogens with two attached hydrogens (primary N) is 1. The van der Waals surface area contributed by atoms with Gasteiger partial charge in [0.15, 0.2) is 0 Å². The van der Waals surface area contributed by atoms with Gasteiger partial charge in [-0.2, -0.15) is 0 Å². The quantitative estimate of drug-likeness (QED) is 0.723. The Kier molecular flexibility index (Phi) is 4.29. The Balaban J connectivity index is 1.57. The first kappa shape index (κ1) is 15.5. The number of primary amides is 1. The number of amides is 3. The minimum atomic E-state index is -0.500. The van der Waals surface area contributed by atoms with Crippen LogP contribution in [0.25, 0.3) is 0 Å². The Labute approximate surface area is 134 Å². The number of anilines is 1. The Morgan fingerprint density at radius 3 is 2.61 bits per heavy atom. The third-order valence-corrected chi connectivity index (χ3v) is 4.36. The van der Waals surface area contributed by atoms with Gasteiger partial charge in [0, 0.05) is 30.4 Å². The normalized spacial score (nSPS) is 23.9. The van der Waals surface area contributed by atoms with E-state index in [1.54, 1.807) is 24.3 Å². The summed E-state index contributed by atoms with van der Waals surface area (Å²) in [5, 5.41) is 5.79. The number of carbonyl (C=O) groups is 3. The number of rotatable bonds is 4. The van der Waals surface area contributed by atoms with Crippen LogP contribution < -0.4 is 16.4 Å². The number of nitrogens with one attached hydrogen (secondary N) is 2. The molecule has 0 spiro atoms. The average molecular weight is 316 g/mol. The minimum Gasteiger partial charge on any atom is -0.366 e. The van der Waals surface area contributed by atoms with Crippen molar-refractivity contribution < 1.29 is 14.4 Å². The second kappa shape index (κ2) is 6.37. The average Bonchev–Trinajstić information content (AvgIpc) is 2.77. The number of fused-ring (bicyclic) bond motifs is 4. The molecule has 7 nitrogen and oxygen atoms in total. The van der Waals surface area contributed by atoms with Crippen LogP contribution in [0.4, 0.5) is 5.69 Å². The summed E-state index contributed by atoms with van der Waals surface area (Å²) >= 11 is 0. The molecule has 122 valence electrons. The van der Waals surface area contributed by atoms with Gasteiger partial charge in [-0.15, -0.1) is 0 Å². The number of hydrogen-bond donors (Lipinski definition) is 3. The van der Waals surface area contributed by atoms with E-state index < -0.39 is 5.91 Å². The monoisotopic (exact) mass is 316 g/mol. The molecule has 3 heterocycles. The number of carbonyl (C=O) groups excluding carboxylic acids is 3. The molecule has 3 aliphatic heterocycles. The van der Waals surface area contributed by atoms with Crippen molar-refractivity contribution >= 4 is 23.4 Å². The van der Waals surface area contributed by atoms with Crippen LogP contribution >= 0.6 is 0 Å². The van der Waals surface area contributed by atoms with E-state index in [-0.39, 0.29) is 30.3 Å². The zero-order valence-corrected chi connectivity index (χ0v) is 12.7. The summed E-state index contributed by atoms with van der Waals surface area (Å²) in [5.41, 5.74) is 6.20. The molecule has 0 radical (unpaired) electrons. The van der Waals surface area contributed by atoms with Gasteiger partial charge < -0.3 is 16.4 Å². The molecule has 0 unspecified atom stereocenters. The summed E-state index contributed by atoms with van der Waals surface area (Å²) in [7, 11) is 0. The highest BCUT2D eigenvalue weighted by atomic mass is 16.2.